The van der Waals surface area contributed by atoms with Gasteiger partial charge in [0.25, 0.3) is 0 Å². The molecule has 8 heavy (non-hydrogen) atoms. The predicted molar refractivity (Wildman–Crippen MR) is 37.6 cm³/mol. The Morgan fingerprint density at radius 3 is 3.00 bits per heavy atom. The van der Waals surface area contributed by atoms with Crippen LogP contribution in [0.2, 0.25) is 0 Å². The van der Waals surface area contributed by atoms with E-state index in [1.807, 2.05) is 0 Å². The maximum atomic E-state index is 5.54. The lowest BCUT2D eigenvalue weighted by molar-refractivity contribution is 0.522. The van der Waals surface area contributed by atoms with Gasteiger partial charge >= 0.3 is 0 Å². The quantitative estimate of drug-likeness (QED) is 0.344. The van der Waals surface area contributed by atoms with E-state index in [2.05, 4.69) is 16.5 Å². The van der Waals surface area contributed by atoms with E-state index in [4.69, 9.17) is 11.6 Å². The van der Waals surface area contributed by atoms with E-state index >= 15 is 0 Å². The van der Waals surface area contributed by atoms with Crippen LogP contribution in [0.4, 0.5) is 0 Å². The second kappa shape index (κ2) is 2.92. The van der Waals surface area contributed by atoms with E-state index in [9.17, 15) is 0 Å². The SMILES string of the molecule is CC1NCN(CCl)S1. The maximum Gasteiger partial charge on any atom is 0.0848 e. The molecule has 0 aromatic heterocycles. The fourth-order valence-corrected chi connectivity index (χ4v) is 1.65. The van der Waals surface area contributed by atoms with Gasteiger partial charge in [0, 0.05) is 0 Å². The zero-order valence-electron chi connectivity index (χ0n) is 4.72. The van der Waals surface area contributed by atoms with Crippen molar-refractivity contribution in [2.24, 2.45) is 0 Å². The predicted octanol–water partition coefficient (Wildman–Crippen LogP) is 1.04. The van der Waals surface area contributed by atoms with Crippen LogP contribution < -0.4 is 5.32 Å². The molecule has 0 aromatic rings. The number of nitrogens with one attached hydrogen (secondary N) is 1. The standard InChI is InChI=1S/C4H9ClN2S/c1-4-6-3-7(2-5)8-4/h4,6H,2-3H2,1H3. The highest BCUT2D eigenvalue weighted by Crippen LogP contribution is 2.19. The van der Waals surface area contributed by atoms with Gasteiger partial charge in [-0.25, -0.2) is 4.31 Å². The van der Waals surface area contributed by atoms with Crippen LogP contribution in [0.15, 0.2) is 0 Å². The molecule has 0 bridgehead atoms. The number of nitrogens with zero attached hydrogens (tertiary/aromatic N) is 1. The third-order valence-electron chi connectivity index (χ3n) is 0.996. The van der Waals surface area contributed by atoms with Crippen LogP contribution in [0.5, 0.6) is 0 Å². The third kappa shape index (κ3) is 1.52. The van der Waals surface area contributed by atoms with Crippen molar-refractivity contribution in [1.82, 2.24) is 9.62 Å². The summed E-state index contributed by atoms with van der Waals surface area (Å²) in [7, 11) is 0. The molecule has 0 aliphatic carbocycles. The zero-order chi connectivity index (χ0) is 5.98. The second-order valence-corrected chi connectivity index (χ2v) is 3.38. The molecule has 0 saturated carbocycles. The molecule has 2 nitrogen and oxygen atoms in total. The Labute approximate surface area is 58.7 Å². The molecular weight excluding hydrogens is 144 g/mol. The van der Waals surface area contributed by atoms with Gasteiger partial charge in [0.1, 0.15) is 0 Å². The van der Waals surface area contributed by atoms with Gasteiger partial charge < -0.3 is 0 Å². The van der Waals surface area contributed by atoms with Gasteiger partial charge in [-0.05, 0) is 6.92 Å². The Hall–Kier alpha value is 0.560. The highest BCUT2D eigenvalue weighted by Gasteiger charge is 2.16. The van der Waals surface area contributed by atoms with Crippen LogP contribution in [0, 0.1) is 0 Å². The van der Waals surface area contributed by atoms with Crippen molar-refractivity contribution in [3.05, 3.63) is 0 Å². The van der Waals surface area contributed by atoms with Crippen molar-refractivity contribution in [2.75, 3.05) is 12.7 Å². The van der Waals surface area contributed by atoms with Crippen LogP contribution in [0.1, 0.15) is 6.92 Å². The van der Waals surface area contributed by atoms with Crippen LogP contribution >= 0.6 is 23.5 Å². The molecule has 1 atom stereocenters. The lowest BCUT2D eigenvalue weighted by Crippen LogP contribution is -2.19. The van der Waals surface area contributed by atoms with Crippen LogP contribution in [-0.4, -0.2) is 22.4 Å². The van der Waals surface area contributed by atoms with Gasteiger partial charge in [-0.15, -0.1) is 11.6 Å². The molecule has 1 saturated heterocycles. The topological polar surface area (TPSA) is 15.3 Å². The summed E-state index contributed by atoms with van der Waals surface area (Å²) in [5.41, 5.74) is 0. The maximum absolute atomic E-state index is 5.54. The van der Waals surface area contributed by atoms with E-state index in [-0.39, 0.29) is 0 Å². The molecule has 1 aliphatic heterocycles. The smallest absolute Gasteiger partial charge is 0.0848 e. The highest BCUT2D eigenvalue weighted by molar-refractivity contribution is 7.97. The largest absolute Gasteiger partial charge is 0.291 e. The van der Waals surface area contributed by atoms with E-state index in [0.717, 1.165) is 6.67 Å². The molecule has 4 heteroatoms. The fraction of sp³-hybridized carbons (Fsp3) is 1.00. The molecule has 1 heterocycles. The van der Waals surface area contributed by atoms with Gasteiger partial charge in [0.2, 0.25) is 0 Å². The number of alkyl halides is 1. The summed E-state index contributed by atoms with van der Waals surface area (Å²) < 4.78 is 2.08. The van der Waals surface area contributed by atoms with E-state index in [0.29, 0.717) is 11.4 Å². The van der Waals surface area contributed by atoms with Crippen molar-refractivity contribution in [1.29, 1.82) is 0 Å². The monoisotopic (exact) mass is 152 g/mol. The van der Waals surface area contributed by atoms with Crippen LogP contribution in [-0.2, 0) is 0 Å². The highest BCUT2D eigenvalue weighted by atomic mass is 35.5. The molecule has 1 unspecified atom stereocenters. The number of hydrogen-bond acceptors (Lipinski definition) is 3. The summed E-state index contributed by atoms with van der Waals surface area (Å²) >= 11 is 7.29. The number of hydrogen-bond donors (Lipinski definition) is 1. The van der Waals surface area contributed by atoms with Crippen LogP contribution in [0.3, 0.4) is 0 Å². The molecule has 0 aromatic carbocycles. The van der Waals surface area contributed by atoms with E-state index < -0.39 is 0 Å². The lowest BCUT2D eigenvalue weighted by Gasteiger charge is -2.05. The first-order valence-electron chi connectivity index (χ1n) is 2.54. The molecule has 1 fully saturated rings. The fourth-order valence-electron chi connectivity index (χ4n) is 0.599. The van der Waals surface area contributed by atoms with Crippen molar-refractivity contribution < 1.29 is 0 Å². The van der Waals surface area contributed by atoms with Crippen molar-refractivity contribution in [3.63, 3.8) is 0 Å². The van der Waals surface area contributed by atoms with Gasteiger partial charge in [0.15, 0.2) is 0 Å². The van der Waals surface area contributed by atoms with Crippen molar-refractivity contribution >= 4 is 23.5 Å². The zero-order valence-corrected chi connectivity index (χ0v) is 6.30. The molecule has 0 radical (unpaired) electrons. The molecule has 1 rings (SSSR count). The summed E-state index contributed by atoms with van der Waals surface area (Å²) in [5, 5.41) is 3.76. The first-order chi connectivity index (χ1) is 3.83. The first-order valence-corrected chi connectivity index (χ1v) is 3.91. The summed E-state index contributed by atoms with van der Waals surface area (Å²) in [6, 6.07) is 0.613. The first kappa shape index (κ1) is 6.68. The summed E-state index contributed by atoms with van der Waals surface area (Å²) in [5.74, 6) is 0. The summed E-state index contributed by atoms with van der Waals surface area (Å²) in [4.78, 5) is 0. The van der Waals surface area contributed by atoms with Gasteiger partial charge in [-0.2, -0.15) is 0 Å². The molecular formula is C4H9ClN2S. The van der Waals surface area contributed by atoms with Crippen molar-refractivity contribution in [2.45, 2.75) is 12.3 Å². The molecule has 1 aliphatic rings. The summed E-state index contributed by atoms with van der Waals surface area (Å²) in [6.07, 6.45) is 0. The molecule has 0 amide bonds. The molecule has 0 spiro atoms. The third-order valence-corrected chi connectivity index (χ3v) is 2.47. The Balaban J connectivity index is 2.22. The Morgan fingerprint density at radius 2 is 2.75 bits per heavy atom. The number of halogens is 1. The average molecular weight is 153 g/mol. The van der Waals surface area contributed by atoms with Gasteiger partial charge in [-0.1, -0.05) is 11.9 Å². The lowest BCUT2D eigenvalue weighted by atomic mass is 10.7. The second-order valence-electron chi connectivity index (χ2n) is 1.71. The number of rotatable bonds is 1. The minimum absolute atomic E-state index is 0.536. The molecule has 1 N–H and O–H groups in total. The Bertz CT molecular complexity index is 80.4. The minimum Gasteiger partial charge on any atom is -0.291 e. The Morgan fingerprint density at radius 1 is 2.00 bits per heavy atom. The average Bonchev–Trinajstić information content (AvgIpc) is 2.14. The van der Waals surface area contributed by atoms with E-state index in [1.165, 1.54) is 0 Å². The Kier molecular flexibility index (Phi) is 2.43. The molecule has 48 valence electrons. The normalized spacial score (nSPS) is 31.5. The van der Waals surface area contributed by atoms with Gasteiger partial charge in [-0.3, -0.25) is 5.32 Å². The van der Waals surface area contributed by atoms with Crippen molar-refractivity contribution in [3.8, 4) is 0 Å². The van der Waals surface area contributed by atoms with Gasteiger partial charge in [0.05, 0.1) is 18.0 Å². The minimum atomic E-state index is 0.536. The summed E-state index contributed by atoms with van der Waals surface area (Å²) in [6.45, 7) is 3.03. The van der Waals surface area contributed by atoms with Crippen LogP contribution in [0.25, 0.3) is 0 Å². The van der Waals surface area contributed by atoms with E-state index in [1.54, 1.807) is 11.9 Å².